The van der Waals surface area contributed by atoms with Gasteiger partial charge in [-0.05, 0) is 109 Å². The molecule has 0 heterocycles. The number of aliphatic hydroxyl groups is 1. The summed E-state index contributed by atoms with van der Waals surface area (Å²) in [6, 6.07) is -0.878. The monoisotopic (exact) mass is 1070 g/mol. The Morgan fingerprint density at radius 2 is 0.803 bits per heavy atom. The van der Waals surface area contributed by atoms with Gasteiger partial charge in [0.25, 0.3) is 0 Å². The Bertz CT molecular complexity index is 1740. The van der Waals surface area contributed by atoms with E-state index in [1.807, 2.05) is 27.2 Å². The lowest BCUT2D eigenvalue weighted by atomic mass is 10.1. The van der Waals surface area contributed by atoms with Gasteiger partial charge in [-0.15, -0.1) is 0 Å². The van der Waals surface area contributed by atoms with Crippen molar-refractivity contribution in [3.63, 3.8) is 0 Å². The number of hydrogen-bond donors (Lipinski definition) is 3. The van der Waals surface area contributed by atoms with Crippen LogP contribution in [0, 0.1) is 0 Å². The number of aliphatic hydroxyl groups excluding tert-OH is 1. The van der Waals surface area contributed by atoms with Gasteiger partial charge in [0.05, 0.1) is 39.9 Å². The van der Waals surface area contributed by atoms with E-state index in [-0.39, 0.29) is 19.1 Å². The van der Waals surface area contributed by atoms with Gasteiger partial charge >= 0.3 is 7.82 Å². The van der Waals surface area contributed by atoms with Crippen molar-refractivity contribution in [2.45, 2.75) is 231 Å². The molecule has 0 fully saturated rings. The molecule has 0 aromatic rings. The van der Waals surface area contributed by atoms with Crippen molar-refractivity contribution < 1.29 is 32.9 Å². The maximum atomic E-state index is 13.0. The van der Waals surface area contributed by atoms with Gasteiger partial charge in [-0.25, -0.2) is 4.57 Å². The first-order valence-corrected chi connectivity index (χ1v) is 31.7. The minimum Gasteiger partial charge on any atom is -0.387 e. The van der Waals surface area contributed by atoms with Crippen LogP contribution in [0.15, 0.2) is 146 Å². The third-order valence-electron chi connectivity index (χ3n) is 12.5. The van der Waals surface area contributed by atoms with Gasteiger partial charge in [0, 0.05) is 6.42 Å². The zero-order valence-electron chi connectivity index (χ0n) is 49.2. The van der Waals surface area contributed by atoms with Gasteiger partial charge in [0.2, 0.25) is 5.91 Å². The molecule has 8 nitrogen and oxygen atoms in total. The molecular weight excluding hydrogens is 960 g/mol. The summed E-state index contributed by atoms with van der Waals surface area (Å²) in [7, 11) is 1.53. The van der Waals surface area contributed by atoms with Gasteiger partial charge in [0.1, 0.15) is 13.2 Å². The zero-order valence-corrected chi connectivity index (χ0v) is 50.1. The predicted molar refractivity (Wildman–Crippen MR) is 331 cm³/mol. The number of amides is 1. The fraction of sp³-hybridized carbons (Fsp3) is 0.627. The van der Waals surface area contributed by atoms with Crippen LogP contribution in [-0.2, 0) is 18.4 Å². The lowest BCUT2D eigenvalue weighted by Crippen LogP contribution is -2.45. The molecule has 0 spiro atoms. The van der Waals surface area contributed by atoms with Gasteiger partial charge < -0.3 is 19.8 Å². The van der Waals surface area contributed by atoms with E-state index in [9.17, 15) is 19.4 Å². The molecule has 1 amide bonds. The Morgan fingerprint density at radius 1 is 0.461 bits per heavy atom. The maximum absolute atomic E-state index is 13.0. The molecule has 3 unspecified atom stereocenters. The van der Waals surface area contributed by atoms with Gasteiger partial charge in [-0.3, -0.25) is 13.8 Å². The van der Waals surface area contributed by atoms with E-state index in [1.165, 1.54) is 83.5 Å². The summed E-state index contributed by atoms with van der Waals surface area (Å²) in [6.45, 7) is 4.65. The Morgan fingerprint density at radius 3 is 1.21 bits per heavy atom. The first-order chi connectivity index (χ1) is 37.0. The summed E-state index contributed by atoms with van der Waals surface area (Å²) in [6.07, 6.45) is 86.7. The summed E-state index contributed by atoms with van der Waals surface area (Å²) in [5.41, 5.74) is 0. The van der Waals surface area contributed by atoms with Crippen LogP contribution in [0.1, 0.15) is 219 Å². The number of quaternary nitrogens is 1. The van der Waals surface area contributed by atoms with E-state index in [1.54, 1.807) is 6.08 Å². The second-order valence-corrected chi connectivity index (χ2v) is 22.4. The predicted octanol–water partition coefficient (Wildman–Crippen LogP) is 18.9. The molecule has 9 heteroatoms. The third-order valence-corrected chi connectivity index (χ3v) is 13.5. The van der Waals surface area contributed by atoms with Crippen molar-refractivity contribution >= 4 is 13.7 Å². The number of rotatable bonds is 53. The topological polar surface area (TPSA) is 105 Å². The van der Waals surface area contributed by atoms with Crippen LogP contribution < -0.4 is 5.32 Å². The van der Waals surface area contributed by atoms with E-state index < -0.39 is 20.0 Å². The minimum atomic E-state index is -4.37. The Balaban J connectivity index is 4.18. The van der Waals surface area contributed by atoms with Crippen LogP contribution >= 0.6 is 7.82 Å². The molecule has 0 aromatic carbocycles. The molecule has 0 aliphatic carbocycles. The highest BCUT2D eigenvalue weighted by atomic mass is 31.2. The van der Waals surface area contributed by atoms with Gasteiger partial charge in [0.15, 0.2) is 0 Å². The molecule has 0 aromatic heterocycles. The van der Waals surface area contributed by atoms with Crippen molar-refractivity contribution in [3.05, 3.63) is 146 Å². The van der Waals surface area contributed by atoms with E-state index in [0.717, 1.165) is 116 Å². The number of phosphoric acid groups is 1. The molecule has 0 saturated carbocycles. The molecule has 3 N–H and O–H groups in total. The van der Waals surface area contributed by atoms with Crippen molar-refractivity contribution in [2.75, 3.05) is 40.9 Å². The zero-order chi connectivity index (χ0) is 55.6. The fourth-order valence-corrected chi connectivity index (χ4v) is 8.59. The number of allylic oxidation sites excluding steroid dienone is 23. The van der Waals surface area contributed by atoms with Gasteiger partial charge in [-0.1, -0.05) is 250 Å². The van der Waals surface area contributed by atoms with Crippen LogP contribution in [-0.4, -0.2) is 73.4 Å². The average molecular weight is 1070 g/mol. The van der Waals surface area contributed by atoms with E-state index in [0.29, 0.717) is 17.4 Å². The molecular formula is C67H114N2O6P+. The molecule has 3 atom stereocenters. The summed E-state index contributed by atoms with van der Waals surface area (Å²) < 4.78 is 23.7. The number of hydrogen-bond acceptors (Lipinski definition) is 5. The maximum Gasteiger partial charge on any atom is 0.472 e. The molecule has 0 aliphatic rings. The highest BCUT2D eigenvalue weighted by Gasteiger charge is 2.27. The first kappa shape index (κ1) is 72.4. The smallest absolute Gasteiger partial charge is 0.387 e. The number of unbranched alkanes of at least 4 members (excludes halogenated alkanes) is 18. The lowest BCUT2D eigenvalue weighted by molar-refractivity contribution is -0.870. The van der Waals surface area contributed by atoms with Crippen LogP contribution in [0.25, 0.3) is 0 Å². The normalized spacial score (nSPS) is 14.9. The number of carbonyl (C=O) groups is 1. The quantitative estimate of drug-likeness (QED) is 0.0243. The molecule has 0 radical (unpaired) electrons. The molecule has 0 rings (SSSR count). The minimum absolute atomic E-state index is 0.0472. The summed E-state index contributed by atoms with van der Waals surface area (Å²) in [4.78, 5) is 23.3. The molecule has 0 aliphatic heterocycles. The number of nitrogens with one attached hydrogen (secondary N) is 1. The van der Waals surface area contributed by atoms with Crippen LogP contribution in [0.5, 0.6) is 0 Å². The molecule has 432 valence electrons. The lowest BCUT2D eigenvalue weighted by Gasteiger charge is -2.25. The largest absolute Gasteiger partial charge is 0.472 e. The van der Waals surface area contributed by atoms with Crippen LogP contribution in [0.3, 0.4) is 0 Å². The second kappa shape index (κ2) is 56.1. The van der Waals surface area contributed by atoms with Crippen molar-refractivity contribution in [1.82, 2.24) is 5.32 Å². The van der Waals surface area contributed by atoms with E-state index in [4.69, 9.17) is 9.05 Å². The standard InChI is InChI=1S/C67H113N2O6P/c1-6-8-10-12-14-16-18-20-22-23-24-25-26-27-28-29-30-31-32-33-34-35-36-37-38-39-40-41-42-43-44-45-47-49-51-53-55-57-59-61-67(71)68-65(64-75-76(72,73)74-63-62-69(3,4)5)66(70)60-58-56-54-52-50-48-46-21-19-17-15-13-11-9-7-2/h8,10,14,16,20,22,24-25,27-28,30-31,33-34,36-37,39-40,42-43,50,52,58,60,65-66,70H,6-7,9,11-13,15,17-19,21,23,26,29,32,35,38,41,44-49,51,53-57,59,61-64H2,1-5H3,(H-,68,71,72,73)/p+1/b10-8-,16-14-,22-20-,25-24-,28-27-,31-30-,34-33-,37-36-,40-39-,43-42-,52-50+,60-58+. The van der Waals surface area contributed by atoms with Crippen LogP contribution in [0.2, 0.25) is 0 Å². The summed E-state index contributed by atoms with van der Waals surface area (Å²) in [5.74, 6) is -0.202. The SMILES string of the molecule is CC/C=C\C/C=C\C/C=C\C/C=C\C/C=C\C/C=C\C/C=C\C/C=C\C/C=C\C/C=C\CCCCCCCCCCC(=O)NC(COP(=O)(O)OCC[N+](C)(C)C)C(O)/C=C/CC/C=C/CCCCCCCCCCC. The number of carbonyl (C=O) groups excluding carboxylic acids is 1. The highest BCUT2D eigenvalue weighted by Crippen LogP contribution is 2.43. The number of likely N-dealkylation sites (N-methyl/N-ethyl adjacent to an activating group) is 1. The molecule has 0 saturated heterocycles. The average Bonchev–Trinajstić information content (AvgIpc) is 3.38. The van der Waals surface area contributed by atoms with E-state index >= 15 is 0 Å². The number of nitrogens with zero attached hydrogens (tertiary/aromatic N) is 1. The number of phosphoric ester groups is 1. The van der Waals surface area contributed by atoms with Crippen LogP contribution in [0.4, 0.5) is 0 Å². The Kier molecular flexibility index (Phi) is 53.4. The molecule has 0 bridgehead atoms. The first-order valence-electron chi connectivity index (χ1n) is 30.2. The Labute approximate surface area is 468 Å². The van der Waals surface area contributed by atoms with Crippen molar-refractivity contribution in [2.24, 2.45) is 0 Å². The van der Waals surface area contributed by atoms with E-state index in [2.05, 4.69) is 153 Å². The second-order valence-electron chi connectivity index (χ2n) is 21.0. The molecule has 76 heavy (non-hydrogen) atoms. The summed E-state index contributed by atoms with van der Waals surface area (Å²) >= 11 is 0. The highest BCUT2D eigenvalue weighted by molar-refractivity contribution is 7.47. The fourth-order valence-electron chi connectivity index (χ4n) is 7.85. The summed E-state index contributed by atoms with van der Waals surface area (Å²) in [5, 5.41) is 13.9. The van der Waals surface area contributed by atoms with Crippen molar-refractivity contribution in [3.8, 4) is 0 Å². The third kappa shape index (κ3) is 58.1. The Hall–Kier alpha value is -3.62. The van der Waals surface area contributed by atoms with Crippen molar-refractivity contribution in [1.29, 1.82) is 0 Å². The van der Waals surface area contributed by atoms with Gasteiger partial charge in [-0.2, -0.15) is 0 Å².